The van der Waals surface area contributed by atoms with E-state index in [1.54, 1.807) is 4.31 Å². The van der Waals surface area contributed by atoms with Crippen LogP contribution in [0.4, 0.5) is 0 Å². The van der Waals surface area contributed by atoms with Gasteiger partial charge < -0.3 is 4.74 Å². The second kappa shape index (κ2) is 8.09. The molecule has 0 N–H and O–H groups in total. The third-order valence-electron chi connectivity index (χ3n) is 3.97. The summed E-state index contributed by atoms with van der Waals surface area (Å²) in [4.78, 5) is 0. The zero-order valence-corrected chi connectivity index (χ0v) is 14.4. The third kappa shape index (κ3) is 5.38. The number of ether oxygens (including phenoxy) is 1. The van der Waals surface area contributed by atoms with Crippen molar-refractivity contribution in [3.8, 4) is 0 Å². The smallest absolute Gasteiger partial charge is 0.214 e. The van der Waals surface area contributed by atoms with Crippen molar-refractivity contribution in [2.75, 3.05) is 18.8 Å². The summed E-state index contributed by atoms with van der Waals surface area (Å²) in [5.74, 6) is 0.234. The summed E-state index contributed by atoms with van der Waals surface area (Å²) in [7, 11) is -3.13. The molecule has 0 aromatic heterocycles. The second-order valence-electron chi connectivity index (χ2n) is 6.19. The van der Waals surface area contributed by atoms with Gasteiger partial charge >= 0.3 is 0 Å². The fourth-order valence-electron chi connectivity index (χ4n) is 2.86. The van der Waals surface area contributed by atoms with Crippen LogP contribution in [-0.2, 0) is 21.2 Å². The summed E-state index contributed by atoms with van der Waals surface area (Å²) >= 11 is 0. The van der Waals surface area contributed by atoms with E-state index in [0.717, 1.165) is 19.3 Å². The maximum Gasteiger partial charge on any atom is 0.214 e. The van der Waals surface area contributed by atoms with Crippen LogP contribution in [0.15, 0.2) is 30.3 Å². The van der Waals surface area contributed by atoms with Gasteiger partial charge in [0.1, 0.15) is 0 Å². The first-order valence-electron chi connectivity index (χ1n) is 8.14. The highest BCUT2D eigenvalue weighted by atomic mass is 32.2. The second-order valence-corrected chi connectivity index (χ2v) is 8.28. The number of rotatable bonds is 7. The van der Waals surface area contributed by atoms with E-state index in [1.165, 1.54) is 5.56 Å². The van der Waals surface area contributed by atoms with Gasteiger partial charge in [-0.25, -0.2) is 12.7 Å². The fourth-order valence-corrected chi connectivity index (χ4v) is 4.40. The van der Waals surface area contributed by atoms with E-state index in [2.05, 4.69) is 0 Å². The molecule has 0 bridgehead atoms. The molecule has 0 atom stereocenters. The molecule has 0 spiro atoms. The van der Waals surface area contributed by atoms with Gasteiger partial charge in [0.05, 0.1) is 18.0 Å². The standard InChI is InChI=1S/C17H27NO3S/c1-15(2)21-17-10-12-18(13-11-17)22(19,20)14-6-9-16-7-4-3-5-8-16/h3-5,7-8,15,17H,6,9-14H2,1-2H3. The topological polar surface area (TPSA) is 46.6 Å². The lowest BCUT2D eigenvalue weighted by molar-refractivity contribution is -0.0168. The van der Waals surface area contributed by atoms with Gasteiger partial charge in [0, 0.05) is 13.1 Å². The first kappa shape index (κ1) is 17.4. The summed E-state index contributed by atoms with van der Waals surface area (Å²) in [5.41, 5.74) is 1.20. The van der Waals surface area contributed by atoms with Crippen LogP contribution in [0.5, 0.6) is 0 Å². The van der Waals surface area contributed by atoms with Gasteiger partial charge in [0.15, 0.2) is 0 Å². The van der Waals surface area contributed by atoms with E-state index in [9.17, 15) is 8.42 Å². The van der Waals surface area contributed by atoms with Crippen LogP contribution in [-0.4, -0.2) is 43.8 Å². The Morgan fingerprint density at radius 3 is 2.41 bits per heavy atom. The number of nitrogens with zero attached hydrogens (tertiary/aromatic N) is 1. The van der Waals surface area contributed by atoms with Gasteiger partial charge in [-0.1, -0.05) is 30.3 Å². The molecule has 1 aliphatic rings. The van der Waals surface area contributed by atoms with E-state index >= 15 is 0 Å². The first-order chi connectivity index (χ1) is 10.5. The van der Waals surface area contributed by atoms with Crippen molar-refractivity contribution in [2.24, 2.45) is 0 Å². The molecule has 1 aliphatic heterocycles. The zero-order valence-electron chi connectivity index (χ0n) is 13.6. The molecule has 2 rings (SSSR count). The Balaban J connectivity index is 1.77. The van der Waals surface area contributed by atoms with Gasteiger partial charge in [-0.05, 0) is 45.1 Å². The molecule has 1 fully saturated rings. The third-order valence-corrected chi connectivity index (χ3v) is 5.93. The average Bonchev–Trinajstić information content (AvgIpc) is 2.48. The molecular formula is C17H27NO3S. The molecule has 1 heterocycles. The number of sulfonamides is 1. The summed E-state index contributed by atoms with van der Waals surface area (Å²) in [6.45, 7) is 5.22. The predicted molar refractivity (Wildman–Crippen MR) is 89.4 cm³/mol. The van der Waals surface area contributed by atoms with Crippen molar-refractivity contribution in [2.45, 2.75) is 51.7 Å². The minimum absolute atomic E-state index is 0.204. The molecule has 0 amide bonds. The highest BCUT2D eigenvalue weighted by Gasteiger charge is 2.28. The van der Waals surface area contributed by atoms with E-state index < -0.39 is 10.0 Å². The molecule has 0 aliphatic carbocycles. The highest BCUT2D eigenvalue weighted by Crippen LogP contribution is 2.19. The number of piperidine rings is 1. The molecule has 1 aromatic carbocycles. The summed E-state index contributed by atoms with van der Waals surface area (Å²) in [6, 6.07) is 10.0. The monoisotopic (exact) mass is 325 g/mol. The van der Waals surface area contributed by atoms with Gasteiger partial charge in [-0.2, -0.15) is 0 Å². The van der Waals surface area contributed by atoms with Crippen molar-refractivity contribution in [1.82, 2.24) is 4.31 Å². The molecule has 0 unspecified atom stereocenters. The number of hydrogen-bond donors (Lipinski definition) is 0. The van der Waals surface area contributed by atoms with Crippen LogP contribution >= 0.6 is 0 Å². The number of hydrogen-bond acceptors (Lipinski definition) is 3. The lowest BCUT2D eigenvalue weighted by Gasteiger charge is -2.32. The minimum Gasteiger partial charge on any atom is -0.375 e. The quantitative estimate of drug-likeness (QED) is 0.774. The largest absolute Gasteiger partial charge is 0.375 e. The van der Waals surface area contributed by atoms with Crippen molar-refractivity contribution in [1.29, 1.82) is 0 Å². The summed E-state index contributed by atoms with van der Waals surface area (Å²) < 4.78 is 32.2. The Labute approximate surface area is 134 Å². The summed E-state index contributed by atoms with van der Waals surface area (Å²) in [5, 5.41) is 0. The van der Waals surface area contributed by atoms with Gasteiger partial charge in [0.25, 0.3) is 0 Å². The Morgan fingerprint density at radius 2 is 1.82 bits per heavy atom. The Bertz CT molecular complexity index is 534. The predicted octanol–water partition coefficient (Wildman–Crippen LogP) is 2.84. The molecular weight excluding hydrogens is 298 g/mol. The molecule has 4 nitrogen and oxygen atoms in total. The Kier molecular flexibility index (Phi) is 6.41. The van der Waals surface area contributed by atoms with Crippen LogP contribution in [0.1, 0.15) is 38.7 Å². The fraction of sp³-hybridized carbons (Fsp3) is 0.647. The lowest BCUT2D eigenvalue weighted by Crippen LogP contribution is -2.42. The van der Waals surface area contributed by atoms with Crippen LogP contribution in [0, 0.1) is 0 Å². The van der Waals surface area contributed by atoms with Crippen LogP contribution in [0.3, 0.4) is 0 Å². The van der Waals surface area contributed by atoms with Crippen molar-refractivity contribution in [3.05, 3.63) is 35.9 Å². The summed E-state index contributed by atoms with van der Waals surface area (Å²) in [6.07, 6.45) is 3.50. The molecule has 1 saturated heterocycles. The first-order valence-corrected chi connectivity index (χ1v) is 9.75. The number of aryl methyl sites for hydroxylation is 1. The zero-order chi connectivity index (χ0) is 16.0. The van der Waals surface area contributed by atoms with Gasteiger partial charge in [-0.3, -0.25) is 0 Å². The Hall–Kier alpha value is -0.910. The van der Waals surface area contributed by atoms with Crippen LogP contribution in [0.25, 0.3) is 0 Å². The van der Waals surface area contributed by atoms with E-state index in [0.29, 0.717) is 19.5 Å². The maximum atomic E-state index is 12.4. The SMILES string of the molecule is CC(C)OC1CCN(S(=O)(=O)CCCc2ccccc2)CC1. The van der Waals surface area contributed by atoms with Crippen LogP contribution < -0.4 is 0 Å². The molecule has 124 valence electrons. The van der Waals surface area contributed by atoms with Crippen molar-refractivity contribution >= 4 is 10.0 Å². The lowest BCUT2D eigenvalue weighted by atomic mass is 10.1. The maximum absolute atomic E-state index is 12.4. The average molecular weight is 325 g/mol. The van der Waals surface area contributed by atoms with E-state index in [-0.39, 0.29) is 18.0 Å². The highest BCUT2D eigenvalue weighted by molar-refractivity contribution is 7.89. The van der Waals surface area contributed by atoms with Crippen LogP contribution in [0.2, 0.25) is 0 Å². The molecule has 1 aromatic rings. The minimum atomic E-state index is -3.13. The van der Waals surface area contributed by atoms with Gasteiger partial charge in [0.2, 0.25) is 10.0 Å². The van der Waals surface area contributed by atoms with Crippen molar-refractivity contribution in [3.63, 3.8) is 0 Å². The van der Waals surface area contributed by atoms with E-state index in [4.69, 9.17) is 4.74 Å². The normalized spacial score (nSPS) is 18.0. The van der Waals surface area contributed by atoms with E-state index in [1.807, 2.05) is 44.2 Å². The number of benzene rings is 1. The molecule has 5 heteroatoms. The van der Waals surface area contributed by atoms with Crippen molar-refractivity contribution < 1.29 is 13.2 Å². The molecule has 0 radical (unpaired) electrons. The molecule has 0 saturated carbocycles. The Morgan fingerprint density at radius 1 is 1.18 bits per heavy atom. The van der Waals surface area contributed by atoms with Gasteiger partial charge in [-0.15, -0.1) is 0 Å². The molecule has 22 heavy (non-hydrogen) atoms.